The smallest absolute Gasteiger partial charge is 0.162 e. The van der Waals surface area contributed by atoms with Gasteiger partial charge >= 0.3 is 0 Å². The molecule has 0 saturated carbocycles. The quantitative estimate of drug-likeness (QED) is 0.606. The molecule has 126 valence electrons. The second-order valence-electron chi connectivity index (χ2n) is 6.67. The fourth-order valence-corrected chi connectivity index (χ4v) is 3.67. The number of aromatic nitrogens is 3. The van der Waals surface area contributed by atoms with Gasteiger partial charge in [-0.3, -0.25) is 4.98 Å². The van der Waals surface area contributed by atoms with Gasteiger partial charge in [0.2, 0.25) is 0 Å². The summed E-state index contributed by atoms with van der Waals surface area (Å²) < 4.78 is 0. The number of nitrogens with zero attached hydrogens (tertiary/aromatic N) is 3. The zero-order valence-corrected chi connectivity index (χ0v) is 14.3. The Morgan fingerprint density at radius 2 is 1.46 bits per heavy atom. The van der Waals surface area contributed by atoms with Crippen LogP contribution in [0.4, 0.5) is 5.82 Å². The van der Waals surface area contributed by atoms with Crippen LogP contribution in [-0.2, 0) is 12.8 Å². The van der Waals surface area contributed by atoms with E-state index in [9.17, 15) is 0 Å². The molecule has 0 unspecified atom stereocenters. The van der Waals surface area contributed by atoms with E-state index in [1.807, 2.05) is 30.3 Å². The highest BCUT2D eigenvalue weighted by Crippen LogP contribution is 2.28. The number of hydrogen-bond donors (Lipinski definition) is 1. The second kappa shape index (κ2) is 6.23. The van der Waals surface area contributed by atoms with Gasteiger partial charge in [-0.15, -0.1) is 0 Å². The molecule has 0 spiro atoms. The van der Waals surface area contributed by atoms with Crippen LogP contribution in [0.1, 0.15) is 11.1 Å². The van der Waals surface area contributed by atoms with Gasteiger partial charge in [0, 0.05) is 29.4 Å². The lowest BCUT2D eigenvalue weighted by atomic mass is 10.1. The molecule has 0 aliphatic heterocycles. The van der Waals surface area contributed by atoms with E-state index < -0.39 is 0 Å². The lowest BCUT2D eigenvalue weighted by Crippen LogP contribution is -2.20. The third-order valence-electron chi connectivity index (χ3n) is 4.93. The molecular weight excluding hydrogens is 320 g/mol. The minimum absolute atomic E-state index is 0.357. The topological polar surface area (TPSA) is 50.7 Å². The maximum Gasteiger partial charge on any atom is 0.162 e. The summed E-state index contributed by atoms with van der Waals surface area (Å²) in [5.74, 6) is 1.63. The van der Waals surface area contributed by atoms with Crippen molar-refractivity contribution >= 4 is 16.7 Å². The van der Waals surface area contributed by atoms with E-state index in [1.54, 1.807) is 12.4 Å². The van der Waals surface area contributed by atoms with Crippen LogP contribution in [0.15, 0.2) is 73.1 Å². The molecule has 0 atom stereocenters. The number of benzene rings is 2. The summed E-state index contributed by atoms with van der Waals surface area (Å²) >= 11 is 0. The molecule has 4 heteroatoms. The van der Waals surface area contributed by atoms with Crippen molar-refractivity contribution in [3.8, 4) is 11.4 Å². The van der Waals surface area contributed by atoms with Crippen LogP contribution in [0.5, 0.6) is 0 Å². The number of fused-ring (bicyclic) bond motifs is 2. The van der Waals surface area contributed by atoms with Crippen molar-refractivity contribution in [2.45, 2.75) is 18.9 Å². The molecule has 2 aromatic carbocycles. The van der Waals surface area contributed by atoms with Crippen LogP contribution in [0.3, 0.4) is 0 Å². The van der Waals surface area contributed by atoms with E-state index in [4.69, 9.17) is 9.97 Å². The molecule has 26 heavy (non-hydrogen) atoms. The van der Waals surface area contributed by atoms with Crippen molar-refractivity contribution in [3.63, 3.8) is 0 Å². The monoisotopic (exact) mass is 338 g/mol. The molecule has 0 fully saturated rings. The van der Waals surface area contributed by atoms with Crippen LogP contribution < -0.4 is 5.32 Å². The first kappa shape index (κ1) is 15.0. The number of hydrogen-bond acceptors (Lipinski definition) is 4. The maximum atomic E-state index is 4.85. The second-order valence-corrected chi connectivity index (χ2v) is 6.67. The summed E-state index contributed by atoms with van der Waals surface area (Å²) in [5.41, 5.74) is 4.78. The average molecular weight is 338 g/mol. The van der Waals surface area contributed by atoms with E-state index in [2.05, 4.69) is 40.6 Å². The fraction of sp³-hybridized carbons (Fsp3) is 0.136. The van der Waals surface area contributed by atoms with E-state index in [0.717, 1.165) is 41.0 Å². The Morgan fingerprint density at radius 1 is 0.769 bits per heavy atom. The summed E-state index contributed by atoms with van der Waals surface area (Å²) in [5, 5.41) is 4.73. The lowest BCUT2D eigenvalue weighted by Gasteiger charge is -2.16. The van der Waals surface area contributed by atoms with E-state index in [-0.39, 0.29) is 0 Å². The average Bonchev–Trinajstić information content (AvgIpc) is 3.11. The first-order chi connectivity index (χ1) is 12.9. The van der Waals surface area contributed by atoms with E-state index in [0.29, 0.717) is 6.04 Å². The summed E-state index contributed by atoms with van der Waals surface area (Å²) in [4.78, 5) is 13.7. The van der Waals surface area contributed by atoms with E-state index in [1.165, 1.54) is 11.1 Å². The molecule has 1 aliphatic rings. The van der Waals surface area contributed by atoms with Gasteiger partial charge < -0.3 is 5.32 Å². The Bertz CT molecular complexity index is 1050. The molecule has 1 N–H and O–H groups in total. The van der Waals surface area contributed by atoms with Crippen molar-refractivity contribution in [3.05, 3.63) is 84.2 Å². The molecule has 5 rings (SSSR count). The van der Waals surface area contributed by atoms with Gasteiger partial charge in [-0.25, -0.2) is 9.97 Å². The van der Waals surface area contributed by atoms with Crippen molar-refractivity contribution in [1.82, 2.24) is 15.0 Å². The normalized spacial score (nSPS) is 13.7. The molecule has 1 aliphatic carbocycles. The Hall–Kier alpha value is -3.27. The number of pyridine rings is 1. The van der Waals surface area contributed by atoms with Gasteiger partial charge in [-0.1, -0.05) is 36.4 Å². The zero-order valence-electron chi connectivity index (χ0n) is 14.3. The maximum absolute atomic E-state index is 4.85. The molecule has 0 bridgehead atoms. The van der Waals surface area contributed by atoms with Crippen molar-refractivity contribution in [2.24, 2.45) is 0 Å². The Kier molecular flexibility index (Phi) is 3.60. The van der Waals surface area contributed by atoms with Gasteiger partial charge in [0.1, 0.15) is 5.82 Å². The Labute approximate surface area is 152 Å². The summed E-state index contributed by atoms with van der Waals surface area (Å²) in [7, 11) is 0. The minimum Gasteiger partial charge on any atom is -0.366 e. The van der Waals surface area contributed by atoms with Crippen LogP contribution in [0.25, 0.3) is 22.3 Å². The molecule has 0 saturated heterocycles. The van der Waals surface area contributed by atoms with Crippen LogP contribution >= 0.6 is 0 Å². The number of anilines is 1. The van der Waals surface area contributed by atoms with Gasteiger partial charge in [0.15, 0.2) is 5.82 Å². The van der Waals surface area contributed by atoms with Crippen molar-refractivity contribution < 1.29 is 0 Å². The third kappa shape index (κ3) is 2.69. The first-order valence-electron chi connectivity index (χ1n) is 8.87. The molecule has 0 amide bonds. The SMILES string of the molecule is c1ccc2c(c1)CC(Nc1nc(-c3ccncc3)nc3ccccc13)C2. The highest BCUT2D eigenvalue weighted by Gasteiger charge is 2.22. The summed E-state index contributed by atoms with van der Waals surface area (Å²) in [6, 6.07) is 21.1. The molecule has 4 nitrogen and oxygen atoms in total. The highest BCUT2D eigenvalue weighted by molar-refractivity contribution is 5.90. The van der Waals surface area contributed by atoms with Crippen molar-refractivity contribution in [2.75, 3.05) is 5.32 Å². The van der Waals surface area contributed by atoms with Gasteiger partial charge in [0.25, 0.3) is 0 Å². The van der Waals surface area contributed by atoms with Gasteiger partial charge in [-0.05, 0) is 48.2 Å². The largest absolute Gasteiger partial charge is 0.366 e. The van der Waals surface area contributed by atoms with Gasteiger partial charge in [0.05, 0.1) is 5.52 Å². The van der Waals surface area contributed by atoms with E-state index >= 15 is 0 Å². The first-order valence-corrected chi connectivity index (χ1v) is 8.87. The van der Waals surface area contributed by atoms with Crippen LogP contribution in [-0.4, -0.2) is 21.0 Å². The Morgan fingerprint density at radius 3 is 2.23 bits per heavy atom. The minimum atomic E-state index is 0.357. The van der Waals surface area contributed by atoms with Crippen molar-refractivity contribution in [1.29, 1.82) is 0 Å². The third-order valence-corrected chi connectivity index (χ3v) is 4.93. The standard InChI is InChI=1S/C22H18N4/c1-2-6-17-14-18(13-16(17)5-1)24-22-19-7-3-4-8-20(19)25-21(26-22)15-9-11-23-12-10-15/h1-12,18H,13-14H2,(H,24,25,26). The predicted octanol–water partition coefficient (Wildman–Crippen LogP) is 4.27. The molecule has 0 radical (unpaired) electrons. The predicted molar refractivity (Wildman–Crippen MR) is 104 cm³/mol. The molecule has 2 heterocycles. The molecule has 2 aromatic heterocycles. The number of rotatable bonds is 3. The highest BCUT2D eigenvalue weighted by atomic mass is 15.1. The summed E-state index contributed by atoms with van der Waals surface area (Å²) in [6.45, 7) is 0. The fourth-order valence-electron chi connectivity index (χ4n) is 3.67. The number of para-hydroxylation sites is 1. The molecule has 4 aromatic rings. The van der Waals surface area contributed by atoms with Crippen LogP contribution in [0, 0.1) is 0 Å². The number of nitrogens with one attached hydrogen (secondary N) is 1. The summed E-state index contributed by atoms with van der Waals surface area (Å²) in [6.07, 6.45) is 5.60. The lowest BCUT2D eigenvalue weighted by molar-refractivity contribution is 0.770. The molecular formula is C22H18N4. The van der Waals surface area contributed by atoms with Gasteiger partial charge in [-0.2, -0.15) is 0 Å². The Balaban J connectivity index is 1.54. The zero-order chi connectivity index (χ0) is 17.3. The van der Waals surface area contributed by atoms with Crippen LogP contribution in [0.2, 0.25) is 0 Å².